The van der Waals surface area contributed by atoms with E-state index >= 15 is 0 Å². The third-order valence-electron chi connectivity index (χ3n) is 4.25. The van der Waals surface area contributed by atoms with Crippen molar-refractivity contribution in [1.82, 2.24) is 4.31 Å². The Morgan fingerprint density at radius 2 is 2.20 bits per heavy atom. The highest BCUT2D eigenvalue weighted by Gasteiger charge is 2.33. The summed E-state index contributed by atoms with van der Waals surface area (Å²) in [4.78, 5) is 0.364. The van der Waals surface area contributed by atoms with Gasteiger partial charge in [-0.3, -0.25) is 0 Å². The number of benzene rings is 1. The fourth-order valence-electron chi connectivity index (χ4n) is 2.90. The van der Waals surface area contributed by atoms with Gasteiger partial charge in [0.05, 0.1) is 11.0 Å². The molecule has 0 spiro atoms. The van der Waals surface area contributed by atoms with Gasteiger partial charge in [0, 0.05) is 25.3 Å². The molecule has 2 unspecified atom stereocenters. The van der Waals surface area contributed by atoms with Gasteiger partial charge in [-0.15, -0.1) is 0 Å². The molecule has 1 saturated heterocycles. The summed E-state index contributed by atoms with van der Waals surface area (Å²) in [5, 5.41) is 13.0. The number of sulfonamides is 1. The molecular weight excluding hydrogens is 276 g/mol. The number of hydrogen-bond acceptors (Lipinski definition) is 4. The van der Waals surface area contributed by atoms with Gasteiger partial charge in [-0.05, 0) is 42.5 Å². The summed E-state index contributed by atoms with van der Waals surface area (Å²) in [5.74, 6) is -0.0189. The van der Waals surface area contributed by atoms with E-state index in [0.29, 0.717) is 24.4 Å². The van der Waals surface area contributed by atoms with Crippen LogP contribution in [0.3, 0.4) is 0 Å². The van der Waals surface area contributed by atoms with Crippen LogP contribution in [-0.4, -0.2) is 43.6 Å². The van der Waals surface area contributed by atoms with Crippen LogP contribution in [0, 0.1) is 5.92 Å². The molecule has 110 valence electrons. The number of piperidine rings is 1. The standard InChI is InChI=1S/C14H20N2O3S/c1-10-9-16(7-5-14(10)17)20(18,19)12-2-3-13-11(8-12)4-6-15-13/h2-3,8,10,14-15,17H,4-7,9H2,1H3. The van der Waals surface area contributed by atoms with Crippen molar-refractivity contribution in [2.45, 2.75) is 30.8 Å². The van der Waals surface area contributed by atoms with E-state index in [-0.39, 0.29) is 5.92 Å². The third-order valence-corrected chi connectivity index (χ3v) is 6.11. The highest BCUT2D eigenvalue weighted by Crippen LogP contribution is 2.28. The average molecular weight is 296 g/mol. The summed E-state index contributed by atoms with van der Waals surface area (Å²) in [5.41, 5.74) is 2.10. The van der Waals surface area contributed by atoms with Crippen LogP contribution in [0.5, 0.6) is 0 Å². The van der Waals surface area contributed by atoms with Crippen LogP contribution in [0.15, 0.2) is 23.1 Å². The Labute approximate surface area is 119 Å². The summed E-state index contributed by atoms with van der Waals surface area (Å²) in [6, 6.07) is 5.29. The molecule has 3 rings (SSSR count). The maximum Gasteiger partial charge on any atom is 0.243 e. The molecule has 2 N–H and O–H groups in total. The molecule has 2 heterocycles. The summed E-state index contributed by atoms with van der Waals surface area (Å²) in [6.07, 6.45) is 0.978. The van der Waals surface area contributed by atoms with Crippen molar-refractivity contribution in [2.24, 2.45) is 5.92 Å². The van der Waals surface area contributed by atoms with Crippen LogP contribution in [0.1, 0.15) is 18.9 Å². The fraction of sp³-hybridized carbons (Fsp3) is 0.571. The van der Waals surface area contributed by atoms with E-state index in [0.717, 1.165) is 24.2 Å². The van der Waals surface area contributed by atoms with Crippen molar-refractivity contribution >= 4 is 15.7 Å². The van der Waals surface area contributed by atoms with Gasteiger partial charge >= 0.3 is 0 Å². The Hall–Kier alpha value is -1.11. The maximum atomic E-state index is 12.7. The lowest BCUT2D eigenvalue weighted by molar-refractivity contribution is 0.0628. The molecule has 0 amide bonds. The molecule has 1 aromatic rings. The van der Waals surface area contributed by atoms with Crippen molar-refractivity contribution in [3.05, 3.63) is 23.8 Å². The second kappa shape index (κ2) is 5.02. The highest BCUT2D eigenvalue weighted by molar-refractivity contribution is 7.89. The zero-order chi connectivity index (χ0) is 14.3. The van der Waals surface area contributed by atoms with Crippen molar-refractivity contribution in [3.8, 4) is 0 Å². The number of fused-ring (bicyclic) bond motifs is 1. The van der Waals surface area contributed by atoms with Gasteiger partial charge in [0.2, 0.25) is 10.0 Å². The van der Waals surface area contributed by atoms with E-state index in [2.05, 4.69) is 5.32 Å². The predicted octanol–water partition coefficient (Wildman–Crippen LogP) is 1.05. The molecule has 20 heavy (non-hydrogen) atoms. The van der Waals surface area contributed by atoms with Gasteiger partial charge in [-0.25, -0.2) is 8.42 Å². The van der Waals surface area contributed by atoms with E-state index in [1.807, 2.05) is 13.0 Å². The largest absolute Gasteiger partial charge is 0.393 e. The minimum absolute atomic E-state index is 0.0189. The Morgan fingerprint density at radius 1 is 1.40 bits per heavy atom. The van der Waals surface area contributed by atoms with Crippen molar-refractivity contribution in [3.63, 3.8) is 0 Å². The molecule has 1 aromatic carbocycles. The van der Waals surface area contributed by atoms with E-state index in [1.54, 1.807) is 12.1 Å². The molecule has 2 aliphatic heterocycles. The fourth-order valence-corrected chi connectivity index (χ4v) is 4.51. The second-order valence-electron chi connectivity index (χ2n) is 5.69. The van der Waals surface area contributed by atoms with Crippen LogP contribution in [0.4, 0.5) is 5.69 Å². The van der Waals surface area contributed by atoms with Crippen LogP contribution in [0.25, 0.3) is 0 Å². The quantitative estimate of drug-likeness (QED) is 0.856. The minimum Gasteiger partial charge on any atom is -0.393 e. The first-order valence-electron chi connectivity index (χ1n) is 7.03. The molecule has 2 aliphatic rings. The Morgan fingerprint density at radius 3 is 2.95 bits per heavy atom. The van der Waals surface area contributed by atoms with Crippen LogP contribution in [-0.2, 0) is 16.4 Å². The smallest absolute Gasteiger partial charge is 0.243 e. The van der Waals surface area contributed by atoms with E-state index in [4.69, 9.17) is 0 Å². The Bertz CT molecular complexity index is 615. The lowest BCUT2D eigenvalue weighted by Crippen LogP contribution is -2.44. The summed E-state index contributed by atoms with van der Waals surface area (Å²) in [7, 11) is -3.45. The number of nitrogens with one attached hydrogen (secondary N) is 1. The molecular formula is C14H20N2O3S. The highest BCUT2D eigenvalue weighted by atomic mass is 32.2. The average Bonchev–Trinajstić information content (AvgIpc) is 2.89. The van der Waals surface area contributed by atoms with E-state index in [1.165, 1.54) is 4.31 Å². The molecule has 5 nitrogen and oxygen atoms in total. The van der Waals surface area contributed by atoms with Gasteiger partial charge in [0.25, 0.3) is 0 Å². The first kappa shape index (κ1) is 13.9. The summed E-state index contributed by atoms with van der Waals surface area (Å²) >= 11 is 0. The number of aliphatic hydroxyl groups is 1. The molecule has 0 bridgehead atoms. The number of aliphatic hydroxyl groups excluding tert-OH is 1. The number of anilines is 1. The molecule has 0 aliphatic carbocycles. The van der Waals surface area contributed by atoms with Gasteiger partial charge < -0.3 is 10.4 Å². The van der Waals surface area contributed by atoms with E-state index in [9.17, 15) is 13.5 Å². The zero-order valence-corrected chi connectivity index (χ0v) is 12.4. The summed E-state index contributed by atoms with van der Waals surface area (Å²) < 4.78 is 26.8. The van der Waals surface area contributed by atoms with Gasteiger partial charge in [0.1, 0.15) is 0 Å². The van der Waals surface area contributed by atoms with Gasteiger partial charge in [-0.2, -0.15) is 4.31 Å². The summed E-state index contributed by atoms with van der Waals surface area (Å²) in [6.45, 7) is 3.53. The SMILES string of the molecule is CC1CN(S(=O)(=O)c2ccc3c(c2)CCN3)CCC1O. The zero-order valence-electron chi connectivity index (χ0n) is 11.5. The third kappa shape index (κ3) is 2.32. The first-order chi connectivity index (χ1) is 9.48. The number of nitrogens with zero attached hydrogens (tertiary/aromatic N) is 1. The molecule has 0 saturated carbocycles. The topological polar surface area (TPSA) is 69.6 Å². The van der Waals surface area contributed by atoms with E-state index < -0.39 is 16.1 Å². The normalized spacial score (nSPS) is 27.1. The van der Waals surface area contributed by atoms with Crippen LogP contribution in [0.2, 0.25) is 0 Å². The molecule has 0 aromatic heterocycles. The molecule has 2 atom stereocenters. The lowest BCUT2D eigenvalue weighted by atomic mass is 9.99. The van der Waals surface area contributed by atoms with Gasteiger partial charge in [-0.1, -0.05) is 6.92 Å². The first-order valence-corrected chi connectivity index (χ1v) is 8.47. The van der Waals surface area contributed by atoms with Crippen LogP contribution < -0.4 is 5.32 Å². The van der Waals surface area contributed by atoms with Crippen molar-refractivity contribution < 1.29 is 13.5 Å². The lowest BCUT2D eigenvalue weighted by Gasteiger charge is -2.33. The number of hydrogen-bond donors (Lipinski definition) is 2. The Balaban J connectivity index is 1.88. The van der Waals surface area contributed by atoms with Crippen molar-refractivity contribution in [2.75, 3.05) is 25.0 Å². The Kier molecular flexibility index (Phi) is 3.48. The maximum absolute atomic E-state index is 12.7. The minimum atomic E-state index is -3.45. The number of rotatable bonds is 2. The van der Waals surface area contributed by atoms with Crippen molar-refractivity contribution in [1.29, 1.82) is 0 Å². The second-order valence-corrected chi connectivity index (χ2v) is 7.63. The van der Waals surface area contributed by atoms with Crippen LogP contribution >= 0.6 is 0 Å². The molecule has 0 radical (unpaired) electrons. The molecule has 6 heteroatoms. The predicted molar refractivity (Wildman–Crippen MR) is 77.2 cm³/mol. The van der Waals surface area contributed by atoms with Gasteiger partial charge in [0.15, 0.2) is 0 Å². The molecule has 1 fully saturated rings. The monoisotopic (exact) mass is 296 g/mol.